The summed E-state index contributed by atoms with van der Waals surface area (Å²) in [7, 11) is 0. The molecule has 1 aromatic carbocycles. The van der Waals surface area contributed by atoms with Gasteiger partial charge in [0, 0.05) is 30.1 Å². The predicted octanol–water partition coefficient (Wildman–Crippen LogP) is 4.37. The molecule has 0 bridgehead atoms. The highest BCUT2D eigenvalue weighted by molar-refractivity contribution is 6.02. The Labute approximate surface area is 179 Å². The monoisotopic (exact) mass is 420 g/mol. The minimum absolute atomic E-state index is 0.198. The van der Waals surface area contributed by atoms with Crippen LogP contribution in [0, 0.1) is 5.82 Å². The molecule has 8 heteroatoms. The van der Waals surface area contributed by atoms with Gasteiger partial charge in [0.2, 0.25) is 0 Å². The first-order chi connectivity index (χ1) is 15.0. The molecule has 0 spiro atoms. The molecule has 2 aliphatic rings. The van der Waals surface area contributed by atoms with E-state index in [9.17, 15) is 4.39 Å². The van der Waals surface area contributed by atoms with E-state index in [-0.39, 0.29) is 17.5 Å². The van der Waals surface area contributed by atoms with E-state index in [0.29, 0.717) is 19.1 Å². The zero-order valence-electron chi connectivity index (χ0n) is 17.8. The molecule has 1 aliphatic heterocycles. The SMILES string of the molecule is CC1(C)CC(n2c(Cn3cc(C4CC4)nn3)nc3cnc4ccc(F)cc4c32)CCO1. The van der Waals surface area contributed by atoms with Gasteiger partial charge in [-0.15, -0.1) is 5.10 Å². The van der Waals surface area contributed by atoms with Crippen LogP contribution in [0.3, 0.4) is 0 Å². The number of benzene rings is 1. The normalized spacial score (nSPS) is 21.2. The van der Waals surface area contributed by atoms with Crippen LogP contribution in [0.15, 0.2) is 30.6 Å². The lowest BCUT2D eigenvalue weighted by molar-refractivity contribution is -0.0688. The van der Waals surface area contributed by atoms with Crippen molar-refractivity contribution in [3.63, 3.8) is 0 Å². The standard InChI is InChI=1S/C23H25FN6O/c1-23(2)10-16(7-8-31-23)30-21(13-29-12-20(27-28-29)14-3-4-14)26-19-11-25-18-6-5-15(24)9-17(18)22(19)30/h5-6,9,11-12,14,16H,3-4,7-8,10,13H2,1-2H3. The number of aromatic nitrogens is 6. The molecule has 1 unspecified atom stereocenters. The number of hydrogen-bond acceptors (Lipinski definition) is 5. The zero-order valence-corrected chi connectivity index (χ0v) is 17.8. The lowest BCUT2D eigenvalue weighted by atomic mass is 9.93. The Morgan fingerprint density at radius 1 is 1.19 bits per heavy atom. The van der Waals surface area contributed by atoms with Gasteiger partial charge in [0.15, 0.2) is 0 Å². The Hall–Kier alpha value is -2.87. The summed E-state index contributed by atoms with van der Waals surface area (Å²) in [5, 5.41) is 9.49. The summed E-state index contributed by atoms with van der Waals surface area (Å²) < 4.78 is 24.3. The van der Waals surface area contributed by atoms with Gasteiger partial charge < -0.3 is 9.30 Å². The molecule has 2 fully saturated rings. The summed E-state index contributed by atoms with van der Waals surface area (Å²) in [4.78, 5) is 9.45. The smallest absolute Gasteiger partial charge is 0.132 e. The van der Waals surface area contributed by atoms with E-state index in [1.54, 1.807) is 18.3 Å². The number of pyridine rings is 1. The molecule has 160 valence electrons. The molecule has 0 N–H and O–H groups in total. The van der Waals surface area contributed by atoms with Crippen molar-refractivity contribution in [1.29, 1.82) is 0 Å². The van der Waals surface area contributed by atoms with Gasteiger partial charge in [0.25, 0.3) is 0 Å². The molecule has 1 atom stereocenters. The number of rotatable bonds is 4. The van der Waals surface area contributed by atoms with Gasteiger partial charge in [-0.1, -0.05) is 5.21 Å². The van der Waals surface area contributed by atoms with Crippen LogP contribution >= 0.6 is 0 Å². The molecule has 4 heterocycles. The molecular formula is C23H25FN6O. The fraction of sp³-hybridized carbons (Fsp3) is 0.478. The summed E-state index contributed by atoms with van der Waals surface area (Å²) in [6, 6.07) is 4.95. The Morgan fingerprint density at radius 2 is 2.06 bits per heavy atom. The maximum absolute atomic E-state index is 14.2. The first-order valence-corrected chi connectivity index (χ1v) is 11.0. The molecule has 1 aliphatic carbocycles. The second-order valence-electron chi connectivity index (χ2n) is 9.42. The highest BCUT2D eigenvalue weighted by Gasteiger charge is 2.33. The third-order valence-electron chi connectivity index (χ3n) is 6.44. The summed E-state index contributed by atoms with van der Waals surface area (Å²) in [6.45, 7) is 5.44. The van der Waals surface area contributed by atoms with E-state index in [2.05, 4.69) is 33.7 Å². The van der Waals surface area contributed by atoms with Crippen molar-refractivity contribution in [2.45, 2.75) is 63.6 Å². The molecule has 0 radical (unpaired) electrons. The van der Waals surface area contributed by atoms with Crippen LogP contribution in [-0.2, 0) is 11.3 Å². The van der Waals surface area contributed by atoms with E-state index < -0.39 is 0 Å². The topological polar surface area (TPSA) is 70.7 Å². The molecule has 3 aromatic heterocycles. The van der Waals surface area contributed by atoms with Gasteiger partial charge >= 0.3 is 0 Å². The molecule has 6 rings (SSSR count). The molecule has 31 heavy (non-hydrogen) atoms. The quantitative estimate of drug-likeness (QED) is 0.490. The zero-order chi connectivity index (χ0) is 21.2. The summed E-state index contributed by atoms with van der Waals surface area (Å²) in [5.74, 6) is 1.18. The molecule has 0 amide bonds. The molecule has 1 saturated heterocycles. The van der Waals surface area contributed by atoms with Gasteiger partial charge in [-0.3, -0.25) is 4.98 Å². The number of fused-ring (bicyclic) bond motifs is 3. The fourth-order valence-electron chi connectivity index (χ4n) is 4.82. The van der Waals surface area contributed by atoms with E-state index >= 15 is 0 Å². The van der Waals surface area contributed by atoms with E-state index in [0.717, 1.165) is 46.3 Å². The van der Waals surface area contributed by atoms with Crippen molar-refractivity contribution < 1.29 is 9.13 Å². The summed E-state index contributed by atoms with van der Waals surface area (Å²) in [6.07, 6.45) is 7.94. The van der Waals surface area contributed by atoms with Crippen LogP contribution in [-0.4, -0.2) is 41.7 Å². The van der Waals surface area contributed by atoms with Crippen LogP contribution in [0.25, 0.3) is 21.9 Å². The van der Waals surface area contributed by atoms with Gasteiger partial charge in [-0.05, 0) is 57.7 Å². The third-order valence-corrected chi connectivity index (χ3v) is 6.44. The van der Waals surface area contributed by atoms with Crippen LogP contribution in [0.5, 0.6) is 0 Å². The third kappa shape index (κ3) is 3.39. The maximum Gasteiger partial charge on any atom is 0.132 e. The number of imidazole rings is 1. The van der Waals surface area contributed by atoms with Crippen molar-refractivity contribution in [1.82, 2.24) is 29.5 Å². The minimum Gasteiger partial charge on any atom is -0.375 e. The van der Waals surface area contributed by atoms with Crippen molar-refractivity contribution >= 4 is 21.9 Å². The molecule has 7 nitrogen and oxygen atoms in total. The number of nitrogens with zero attached hydrogens (tertiary/aromatic N) is 6. The van der Waals surface area contributed by atoms with Gasteiger partial charge in [0.05, 0.1) is 28.5 Å². The second-order valence-corrected chi connectivity index (χ2v) is 9.42. The number of hydrogen-bond donors (Lipinski definition) is 0. The Balaban J connectivity index is 1.52. The first kappa shape index (κ1) is 18.9. The lowest BCUT2D eigenvalue weighted by Gasteiger charge is -2.37. The van der Waals surface area contributed by atoms with Crippen molar-refractivity contribution in [2.75, 3.05) is 6.61 Å². The average molecular weight is 420 g/mol. The largest absolute Gasteiger partial charge is 0.375 e. The van der Waals surface area contributed by atoms with E-state index in [4.69, 9.17) is 9.72 Å². The summed E-state index contributed by atoms with van der Waals surface area (Å²) in [5.41, 5.74) is 3.32. The van der Waals surface area contributed by atoms with Crippen molar-refractivity contribution in [2.24, 2.45) is 0 Å². The van der Waals surface area contributed by atoms with Crippen molar-refractivity contribution in [3.05, 3.63) is 47.9 Å². The highest BCUT2D eigenvalue weighted by Crippen LogP contribution is 2.39. The Bertz CT molecular complexity index is 1290. The molecular weight excluding hydrogens is 395 g/mol. The average Bonchev–Trinajstić information content (AvgIpc) is 3.36. The fourth-order valence-corrected chi connectivity index (χ4v) is 4.82. The number of halogens is 1. The highest BCUT2D eigenvalue weighted by atomic mass is 19.1. The van der Waals surface area contributed by atoms with Gasteiger partial charge in [-0.2, -0.15) is 0 Å². The van der Waals surface area contributed by atoms with E-state index in [1.807, 2.05) is 10.9 Å². The number of ether oxygens (including phenoxy) is 1. The van der Waals surface area contributed by atoms with Crippen LogP contribution in [0.1, 0.15) is 63.0 Å². The lowest BCUT2D eigenvalue weighted by Crippen LogP contribution is -2.35. The predicted molar refractivity (Wildman–Crippen MR) is 114 cm³/mol. The molecule has 4 aromatic rings. The minimum atomic E-state index is -0.270. The van der Waals surface area contributed by atoms with Crippen LogP contribution in [0.4, 0.5) is 4.39 Å². The van der Waals surface area contributed by atoms with Crippen LogP contribution < -0.4 is 0 Å². The summed E-state index contributed by atoms with van der Waals surface area (Å²) >= 11 is 0. The second kappa shape index (κ2) is 6.82. The molecule has 1 saturated carbocycles. The van der Waals surface area contributed by atoms with Crippen molar-refractivity contribution in [3.8, 4) is 0 Å². The Morgan fingerprint density at radius 3 is 2.87 bits per heavy atom. The first-order valence-electron chi connectivity index (χ1n) is 11.0. The van der Waals surface area contributed by atoms with E-state index in [1.165, 1.54) is 18.9 Å². The van der Waals surface area contributed by atoms with Crippen LogP contribution in [0.2, 0.25) is 0 Å². The Kier molecular flexibility index (Phi) is 4.15. The van der Waals surface area contributed by atoms with Gasteiger partial charge in [0.1, 0.15) is 23.7 Å². The van der Waals surface area contributed by atoms with Gasteiger partial charge in [-0.25, -0.2) is 14.1 Å². The maximum atomic E-state index is 14.2.